The minimum absolute atomic E-state index is 0.178. The Morgan fingerprint density at radius 3 is 3.13 bits per heavy atom. The predicted octanol–water partition coefficient (Wildman–Crippen LogP) is 0.493. The number of nitrogens with zero attached hydrogens (tertiary/aromatic N) is 2. The van der Waals surface area contributed by atoms with E-state index in [1.54, 1.807) is 6.92 Å². The zero-order valence-electron chi connectivity index (χ0n) is 8.36. The molecule has 0 radical (unpaired) electrons. The van der Waals surface area contributed by atoms with E-state index in [2.05, 4.69) is 9.97 Å². The first-order valence-electron chi connectivity index (χ1n) is 4.42. The Kier molecular flexibility index (Phi) is 3.88. The molecule has 5 nitrogen and oxygen atoms in total. The van der Waals surface area contributed by atoms with Gasteiger partial charge in [-0.25, -0.2) is 4.98 Å². The third-order valence-electron chi connectivity index (χ3n) is 1.76. The quantitative estimate of drug-likeness (QED) is 0.573. The van der Waals surface area contributed by atoms with Crippen LogP contribution in [-0.2, 0) is 0 Å². The number of nitriles is 1. The van der Waals surface area contributed by atoms with Crippen molar-refractivity contribution in [2.75, 3.05) is 5.75 Å². The number of aromatic nitrogens is 2. The average molecular weight is 224 g/mol. The second kappa shape index (κ2) is 4.96. The lowest BCUT2D eigenvalue weighted by Gasteiger charge is -2.13. The number of aromatic amines is 1. The van der Waals surface area contributed by atoms with Crippen molar-refractivity contribution in [3.05, 3.63) is 22.6 Å². The second-order valence-electron chi connectivity index (χ2n) is 3.37. The van der Waals surface area contributed by atoms with Crippen LogP contribution in [0.4, 0.5) is 0 Å². The highest BCUT2D eigenvalue weighted by molar-refractivity contribution is 7.99. The number of thioether (sulfide) groups is 1. The highest BCUT2D eigenvalue weighted by Crippen LogP contribution is 2.15. The number of H-pyrrole nitrogens is 1. The van der Waals surface area contributed by atoms with Crippen molar-refractivity contribution in [1.82, 2.24) is 9.97 Å². The first-order valence-corrected chi connectivity index (χ1v) is 5.40. The summed E-state index contributed by atoms with van der Waals surface area (Å²) in [6.45, 7) is 1.68. The minimum atomic E-state index is -0.817. The Balaban J connectivity index is 2.46. The van der Waals surface area contributed by atoms with Crippen molar-refractivity contribution in [2.24, 2.45) is 5.73 Å². The van der Waals surface area contributed by atoms with Crippen LogP contribution in [0.2, 0.25) is 0 Å². The first kappa shape index (κ1) is 11.8. The van der Waals surface area contributed by atoms with Crippen LogP contribution >= 0.6 is 11.8 Å². The zero-order chi connectivity index (χ0) is 11.3. The lowest BCUT2D eigenvalue weighted by molar-refractivity contribution is 0.583. The fourth-order valence-electron chi connectivity index (χ4n) is 0.841. The number of hydrogen-bond donors (Lipinski definition) is 2. The molecule has 0 spiro atoms. The van der Waals surface area contributed by atoms with Gasteiger partial charge in [-0.2, -0.15) is 5.26 Å². The van der Waals surface area contributed by atoms with Gasteiger partial charge in [0.25, 0.3) is 5.56 Å². The molecule has 80 valence electrons. The van der Waals surface area contributed by atoms with E-state index in [0.29, 0.717) is 17.3 Å². The van der Waals surface area contributed by atoms with E-state index < -0.39 is 5.54 Å². The molecule has 0 aliphatic rings. The van der Waals surface area contributed by atoms with Crippen LogP contribution in [0.3, 0.4) is 0 Å². The van der Waals surface area contributed by atoms with Crippen molar-refractivity contribution in [3.8, 4) is 6.07 Å². The molecule has 1 rings (SSSR count). The Hall–Kier alpha value is -1.32. The summed E-state index contributed by atoms with van der Waals surface area (Å²) >= 11 is 1.38. The van der Waals surface area contributed by atoms with Gasteiger partial charge < -0.3 is 10.7 Å². The van der Waals surface area contributed by atoms with Crippen LogP contribution in [0.1, 0.15) is 13.3 Å². The van der Waals surface area contributed by atoms with Crippen LogP contribution in [0.5, 0.6) is 0 Å². The topological polar surface area (TPSA) is 95.6 Å². The van der Waals surface area contributed by atoms with E-state index in [9.17, 15) is 4.79 Å². The maximum absolute atomic E-state index is 10.9. The molecule has 1 aromatic heterocycles. The number of rotatable bonds is 4. The minimum Gasteiger partial charge on any atom is -0.314 e. The Labute approximate surface area is 91.7 Å². The van der Waals surface area contributed by atoms with Crippen molar-refractivity contribution in [2.45, 2.75) is 24.0 Å². The molecule has 1 unspecified atom stereocenters. The molecule has 0 saturated heterocycles. The van der Waals surface area contributed by atoms with E-state index >= 15 is 0 Å². The highest BCUT2D eigenvalue weighted by atomic mass is 32.2. The Morgan fingerprint density at radius 2 is 2.53 bits per heavy atom. The van der Waals surface area contributed by atoms with Gasteiger partial charge in [0.1, 0.15) is 5.54 Å². The molecule has 15 heavy (non-hydrogen) atoms. The first-order chi connectivity index (χ1) is 7.03. The standard InChI is InChI=1S/C9H12N4OS/c1-9(11,6-10)3-5-15-8-12-4-2-7(14)13-8/h2,4H,3,5,11H2,1H3,(H,12,13,14). The van der Waals surface area contributed by atoms with Gasteiger partial charge in [0.05, 0.1) is 6.07 Å². The average Bonchev–Trinajstić information content (AvgIpc) is 2.18. The van der Waals surface area contributed by atoms with Crippen LogP contribution < -0.4 is 11.3 Å². The van der Waals surface area contributed by atoms with Gasteiger partial charge in [-0.1, -0.05) is 11.8 Å². The number of hydrogen-bond acceptors (Lipinski definition) is 5. The van der Waals surface area contributed by atoms with E-state index in [1.165, 1.54) is 24.0 Å². The molecule has 0 aliphatic carbocycles. The summed E-state index contributed by atoms with van der Waals surface area (Å²) in [6, 6.07) is 3.36. The monoisotopic (exact) mass is 224 g/mol. The molecular formula is C9H12N4OS. The van der Waals surface area contributed by atoms with E-state index in [-0.39, 0.29) is 5.56 Å². The maximum atomic E-state index is 10.9. The third-order valence-corrected chi connectivity index (χ3v) is 2.65. The fourth-order valence-corrected chi connectivity index (χ4v) is 1.87. The summed E-state index contributed by atoms with van der Waals surface area (Å²) < 4.78 is 0. The van der Waals surface area contributed by atoms with Crippen LogP contribution in [0.15, 0.2) is 22.2 Å². The third kappa shape index (κ3) is 4.14. The Morgan fingerprint density at radius 1 is 1.80 bits per heavy atom. The van der Waals surface area contributed by atoms with Crippen LogP contribution in [0, 0.1) is 11.3 Å². The lowest BCUT2D eigenvalue weighted by Crippen LogP contribution is -2.34. The van der Waals surface area contributed by atoms with E-state index in [0.717, 1.165) is 0 Å². The molecule has 3 N–H and O–H groups in total. The molecule has 0 fully saturated rings. The molecule has 1 aromatic rings. The van der Waals surface area contributed by atoms with E-state index in [1.807, 2.05) is 6.07 Å². The summed E-state index contributed by atoms with van der Waals surface area (Å²) in [5.74, 6) is 0.646. The highest BCUT2D eigenvalue weighted by Gasteiger charge is 2.16. The van der Waals surface area contributed by atoms with Gasteiger partial charge in [-0.15, -0.1) is 0 Å². The van der Waals surface area contributed by atoms with Gasteiger partial charge in [0.2, 0.25) is 0 Å². The fraction of sp³-hybridized carbons (Fsp3) is 0.444. The normalized spacial score (nSPS) is 14.2. The molecular weight excluding hydrogens is 212 g/mol. The number of nitrogens with one attached hydrogen (secondary N) is 1. The van der Waals surface area contributed by atoms with Gasteiger partial charge >= 0.3 is 0 Å². The summed E-state index contributed by atoms with van der Waals surface area (Å²) in [4.78, 5) is 17.5. The molecule has 1 heterocycles. The smallest absolute Gasteiger partial charge is 0.251 e. The molecule has 1 atom stereocenters. The summed E-state index contributed by atoms with van der Waals surface area (Å²) in [7, 11) is 0. The predicted molar refractivity (Wildman–Crippen MR) is 58.4 cm³/mol. The van der Waals surface area contributed by atoms with Crippen molar-refractivity contribution in [1.29, 1.82) is 5.26 Å². The molecule has 0 amide bonds. The van der Waals surface area contributed by atoms with Gasteiger partial charge in [0, 0.05) is 18.0 Å². The van der Waals surface area contributed by atoms with Crippen LogP contribution in [-0.4, -0.2) is 21.3 Å². The molecule has 0 aromatic carbocycles. The van der Waals surface area contributed by atoms with E-state index in [4.69, 9.17) is 11.0 Å². The van der Waals surface area contributed by atoms with Crippen molar-refractivity contribution >= 4 is 11.8 Å². The second-order valence-corrected chi connectivity index (χ2v) is 4.45. The zero-order valence-corrected chi connectivity index (χ0v) is 9.17. The maximum Gasteiger partial charge on any atom is 0.251 e. The number of nitrogens with two attached hydrogens (primary N) is 1. The van der Waals surface area contributed by atoms with Gasteiger partial charge in [-0.3, -0.25) is 4.79 Å². The van der Waals surface area contributed by atoms with Crippen LogP contribution in [0.25, 0.3) is 0 Å². The van der Waals surface area contributed by atoms with Crippen molar-refractivity contribution in [3.63, 3.8) is 0 Å². The summed E-state index contributed by atoms with van der Waals surface area (Å²) in [5.41, 5.74) is 4.65. The SMILES string of the molecule is CC(N)(C#N)CCSc1nccc(=O)[nH]1. The molecule has 6 heteroatoms. The van der Waals surface area contributed by atoms with Crippen molar-refractivity contribution < 1.29 is 0 Å². The molecule has 0 bridgehead atoms. The Bertz CT molecular complexity index is 421. The summed E-state index contributed by atoms with van der Waals surface area (Å²) in [5, 5.41) is 9.23. The van der Waals surface area contributed by atoms with Gasteiger partial charge in [0.15, 0.2) is 5.16 Å². The molecule has 0 aliphatic heterocycles. The largest absolute Gasteiger partial charge is 0.314 e. The van der Waals surface area contributed by atoms with Gasteiger partial charge in [-0.05, 0) is 13.3 Å². The molecule has 0 saturated carbocycles. The summed E-state index contributed by atoms with van der Waals surface area (Å²) in [6.07, 6.45) is 2.00. The lowest BCUT2D eigenvalue weighted by atomic mass is 10.0.